The molecule has 1 aliphatic carbocycles. The molecule has 0 spiro atoms. The molecule has 0 radical (unpaired) electrons. The molecule has 4 aromatic carbocycles. The molecule has 0 unspecified atom stereocenters. The zero-order valence-electron chi connectivity index (χ0n) is 18.4. The molecule has 4 N–H and O–H groups in total. The first-order chi connectivity index (χ1) is 16.8. The molecule has 1 aliphatic rings. The summed E-state index contributed by atoms with van der Waals surface area (Å²) in [6, 6.07) is 27.7. The van der Waals surface area contributed by atoms with Crippen LogP contribution in [0.4, 0.5) is 11.4 Å². The Labute approximate surface area is 204 Å². The van der Waals surface area contributed by atoms with Crippen LogP contribution >= 0.6 is 0 Å². The van der Waals surface area contributed by atoms with Crippen LogP contribution in [0.5, 0.6) is 0 Å². The van der Waals surface area contributed by atoms with E-state index in [2.05, 4.69) is 20.5 Å². The highest BCUT2D eigenvalue weighted by Gasteiger charge is 2.24. The molecule has 0 fully saturated rings. The van der Waals surface area contributed by atoms with Crippen molar-refractivity contribution in [2.75, 3.05) is 10.9 Å². The molecule has 0 heterocycles. The van der Waals surface area contributed by atoms with Gasteiger partial charge in [0.05, 0.1) is 9.79 Å². The number of hydrogen-bond donors (Lipinski definition) is 4. The summed E-state index contributed by atoms with van der Waals surface area (Å²) in [5, 5.41) is 0. The van der Waals surface area contributed by atoms with Crippen LogP contribution in [-0.2, 0) is 26.5 Å². The van der Waals surface area contributed by atoms with E-state index in [1.54, 1.807) is 84.9 Å². The van der Waals surface area contributed by atoms with Crippen molar-refractivity contribution in [3.63, 3.8) is 0 Å². The molecule has 8 nitrogen and oxygen atoms in total. The standard InChI is InChI=1S/C25H22N4O4S2/c30-34(31,28-26-20-7-3-1-4-8-20)22-11-13-24-18(16-22)15-19-17-23(12-14-25(19)24)35(32,33)29-27-21-9-5-2-6-10-21/h1-14,16-17,26-29H,15H2. The monoisotopic (exact) mass is 506 g/mol. The smallest absolute Gasteiger partial charge is 0.257 e. The Morgan fingerprint density at radius 3 is 1.31 bits per heavy atom. The van der Waals surface area contributed by atoms with Crippen molar-refractivity contribution in [3.8, 4) is 11.1 Å². The number of anilines is 2. The van der Waals surface area contributed by atoms with E-state index in [9.17, 15) is 16.8 Å². The highest BCUT2D eigenvalue weighted by atomic mass is 32.2. The minimum atomic E-state index is -3.81. The molecule has 178 valence electrons. The van der Waals surface area contributed by atoms with E-state index in [4.69, 9.17) is 0 Å². The number of rotatable bonds is 8. The second-order valence-electron chi connectivity index (χ2n) is 8.01. The molecule has 5 rings (SSSR count). The lowest BCUT2D eigenvalue weighted by Crippen LogP contribution is -2.29. The third-order valence-electron chi connectivity index (χ3n) is 5.65. The Morgan fingerprint density at radius 1 is 0.514 bits per heavy atom. The number of hydrazine groups is 2. The fraction of sp³-hybridized carbons (Fsp3) is 0.0400. The maximum absolute atomic E-state index is 12.8. The van der Waals surface area contributed by atoms with Gasteiger partial charge in [0.2, 0.25) is 0 Å². The first kappa shape index (κ1) is 23.1. The predicted octanol–water partition coefficient (Wildman–Crippen LogP) is 3.87. The van der Waals surface area contributed by atoms with Crippen molar-refractivity contribution in [3.05, 3.63) is 108 Å². The highest BCUT2D eigenvalue weighted by molar-refractivity contribution is 7.89. The van der Waals surface area contributed by atoms with Crippen LogP contribution in [0.3, 0.4) is 0 Å². The van der Waals surface area contributed by atoms with Gasteiger partial charge in [0.25, 0.3) is 20.0 Å². The van der Waals surface area contributed by atoms with Crippen LogP contribution in [-0.4, -0.2) is 16.8 Å². The fourth-order valence-corrected chi connectivity index (χ4v) is 5.74. The minimum absolute atomic E-state index is 0.120. The molecule has 10 heteroatoms. The lowest BCUT2D eigenvalue weighted by atomic mass is 10.1. The zero-order valence-corrected chi connectivity index (χ0v) is 20.0. The first-order valence-electron chi connectivity index (χ1n) is 10.7. The number of sulfonamides is 2. The third kappa shape index (κ3) is 4.91. The van der Waals surface area contributed by atoms with Crippen LogP contribution in [0.15, 0.2) is 107 Å². The van der Waals surface area contributed by atoms with Crippen molar-refractivity contribution in [2.45, 2.75) is 16.2 Å². The maximum atomic E-state index is 12.8. The van der Waals surface area contributed by atoms with Crippen molar-refractivity contribution >= 4 is 31.4 Å². The SMILES string of the molecule is O=S(=O)(NNc1ccccc1)c1ccc2c(c1)Cc1cc(S(=O)(=O)NNc3ccccc3)ccc1-2. The third-order valence-corrected chi connectivity index (χ3v) is 8.14. The molecule has 0 atom stereocenters. The van der Waals surface area contributed by atoms with Gasteiger partial charge in [0, 0.05) is 11.4 Å². The number of fused-ring (bicyclic) bond motifs is 3. The number of para-hydroxylation sites is 2. The average molecular weight is 507 g/mol. The average Bonchev–Trinajstić information content (AvgIpc) is 3.25. The van der Waals surface area contributed by atoms with E-state index in [-0.39, 0.29) is 9.79 Å². The van der Waals surface area contributed by atoms with Crippen LogP contribution in [0.25, 0.3) is 11.1 Å². The molecule has 0 bridgehead atoms. The molecule has 35 heavy (non-hydrogen) atoms. The highest BCUT2D eigenvalue weighted by Crippen LogP contribution is 2.38. The van der Waals surface area contributed by atoms with Crippen molar-refractivity contribution < 1.29 is 16.8 Å². The second kappa shape index (κ2) is 9.16. The Hall–Kier alpha value is -3.70. The van der Waals surface area contributed by atoms with Crippen LogP contribution in [0.1, 0.15) is 11.1 Å². The van der Waals surface area contributed by atoms with Gasteiger partial charge in [0.15, 0.2) is 0 Å². The second-order valence-corrected chi connectivity index (χ2v) is 11.4. The van der Waals surface area contributed by atoms with Crippen molar-refractivity contribution in [1.82, 2.24) is 9.66 Å². The molecule has 0 amide bonds. The number of hydrogen-bond acceptors (Lipinski definition) is 6. The summed E-state index contributed by atoms with van der Waals surface area (Å²) in [6.45, 7) is 0. The van der Waals surface area contributed by atoms with Gasteiger partial charge in [-0.3, -0.25) is 0 Å². The number of benzene rings is 4. The Morgan fingerprint density at radius 2 is 0.914 bits per heavy atom. The summed E-state index contributed by atoms with van der Waals surface area (Å²) in [7, 11) is -7.62. The molecule has 0 aliphatic heterocycles. The summed E-state index contributed by atoms with van der Waals surface area (Å²) < 4.78 is 51.1. The van der Waals surface area contributed by atoms with Gasteiger partial charge < -0.3 is 10.9 Å². The lowest BCUT2D eigenvalue weighted by molar-refractivity contribution is 0.586. The molecule has 4 aromatic rings. The predicted molar refractivity (Wildman–Crippen MR) is 135 cm³/mol. The van der Waals surface area contributed by atoms with Crippen LogP contribution in [0, 0.1) is 0 Å². The van der Waals surface area contributed by atoms with Crippen molar-refractivity contribution in [1.29, 1.82) is 0 Å². The normalized spacial score (nSPS) is 12.6. The Bertz CT molecular complexity index is 1470. The van der Waals surface area contributed by atoms with E-state index in [1.165, 1.54) is 0 Å². The largest absolute Gasteiger partial charge is 0.308 e. The topological polar surface area (TPSA) is 116 Å². The summed E-state index contributed by atoms with van der Waals surface area (Å²) in [5.41, 5.74) is 10.0. The lowest BCUT2D eigenvalue weighted by Gasteiger charge is -2.11. The van der Waals surface area contributed by atoms with Crippen LogP contribution in [0.2, 0.25) is 0 Å². The van der Waals surface area contributed by atoms with E-state index in [0.717, 1.165) is 22.3 Å². The number of nitrogens with one attached hydrogen (secondary N) is 4. The Balaban J connectivity index is 1.33. The summed E-state index contributed by atoms with van der Waals surface area (Å²) >= 11 is 0. The van der Waals surface area contributed by atoms with Gasteiger partial charge in [-0.05, 0) is 77.2 Å². The molecular weight excluding hydrogens is 484 g/mol. The van der Waals surface area contributed by atoms with Gasteiger partial charge in [0.1, 0.15) is 0 Å². The molecule has 0 aromatic heterocycles. The van der Waals surface area contributed by atoms with Gasteiger partial charge >= 0.3 is 0 Å². The quantitative estimate of drug-likeness (QED) is 0.238. The van der Waals surface area contributed by atoms with Crippen LogP contribution < -0.4 is 20.5 Å². The summed E-state index contributed by atoms with van der Waals surface area (Å²) in [6.07, 6.45) is 0.426. The maximum Gasteiger partial charge on any atom is 0.257 e. The van der Waals surface area contributed by atoms with Gasteiger partial charge in [-0.1, -0.05) is 48.5 Å². The molecule has 0 saturated carbocycles. The van der Waals surface area contributed by atoms with E-state index in [0.29, 0.717) is 17.8 Å². The van der Waals surface area contributed by atoms with Gasteiger partial charge in [-0.15, -0.1) is 9.66 Å². The Kier molecular flexibility index (Phi) is 6.03. The van der Waals surface area contributed by atoms with Gasteiger partial charge in [-0.25, -0.2) is 16.8 Å². The van der Waals surface area contributed by atoms with E-state index in [1.807, 2.05) is 12.1 Å². The zero-order chi connectivity index (χ0) is 24.5. The van der Waals surface area contributed by atoms with E-state index < -0.39 is 20.0 Å². The van der Waals surface area contributed by atoms with E-state index >= 15 is 0 Å². The van der Waals surface area contributed by atoms with Crippen molar-refractivity contribution in [2.24, 2.45) is 0 Å². The first-order valence-corrected chi connectivity index (χ1v) is 13.7. The molecule has 0 saturated heterocycles. The minimum Gasteiger partial charge on any atom is -0.308 e. The summed E-state index contributed by atoms with van der Waals surface area (Å²) in [4.78, 5) is 5.02. The fourth-order valence-electron chi connectivity index (χ4n) is 3.91. The van der Waals surface area contributed by atoms with Gasteiger partial charge in [-0.2, -0.15) is 0 Å². The molecular formula is C25H22N4O4S2. The summed E-state index contributed by atoms with van der Waals surface area (Å²) in [5.74, 6) is 0.